The minimum atomic E-state index is -0.901. The normalized spacial score (nSPS) is 22.0. The molecule has 1 atom stereocenters. The van der Waals surface area contributed by atoms with E-state index in [1.165, 1.54) is 11.3 Å². The SMILES string of the molecule is Cc1ccccc1N1CCN(C(=O)CN2C(=O)CC(C)(c3ccccc3)C2=O)CC1. The average Bonchev–Trinajstić information content (AvgIpc) is 2.99. The van der Waals surface area contributed by atoms with Gasteiger partial charge < -0.3 is 9.80 Å². The summed E-state index contributed by atoms with van der Waals surface area (Å²) >= 11 is 0. The highest BCUT2D eigenvalue weighted by Crippen LogP contribution is 2.36. The van der Waals surface area contributed by atoms with E-state index < -0.39 is 5.41 Å². The van der Waals surface area contributed by atoms with Crippen LogP contribution in [0.1, 0.15) is 24.5 Å². The van der Waals surface area contributed by atoms with Gasteiger partial charge in [-0.25, -0.2) is 0 Å². The molecule has 2 aliphatic rings. The first-order chi connectivity index (χ1) is 14.4. The van der Waals surface area contributed by atoms with Crippen LogP contribution >= 0.6 is 0 Å². The number of likely N-dealkylation sites (tertiary alicyclic amines) is 1. The maximum atomic E-state index is 13.1. The van der Waals surface area contributed by atoms with Crippen LogP contribution in [0, 0.1) is 6.92 Å². The molecule has 3 amide bonds. The number of imide groups is 1. The largest absolute Gasteiger partial charge is 0.368 e. The molecule has 2 aromatic rings. The van der Waals surface area contributed by atoms with Gasteiger partial charge in [-0.3, -0.25) is 19.3 Å². The lowest BCUT2D eigenvalue weighted by molar-refractivity contribution is -0.146. The lowest BCUT2D eigenvalue weighted by atomic mass is 9.81. The summed E-state index contributed by atoms with van der Waals surface area (Å²) in [5, 5.41) is 0. The van der Waals surface area contributed by atoms with Gasteiger partial charge in [-0.2, -0.15) is 0 Å². The number of rotatable bonds is 4. The van der Waals surface area contributed by atoms with Gasteiger partial charge in [-0.05, 0) is 31.0 Å². The lowest BCUT2D eigenvalue weighted by Gasteiger charge is -2.37. The standard InChI is InChI=1S/C24H27N3O3/c1-18-8-6-7-11-20(18)25-12-14-26(15-13-25)22(29)17-27-21(28)16-24(2,23(27)30)19-9-4-3-5-10-19/h3-11H,12-17H2,1-2H3. The summed E-state index contributed by atoms with van der Waals surface area (Å²) in [7, 11) is 0. The predicted octanol–water partition coefficient (Wildman–Crippen LogP) is 2.36. The average molecular weight is 405 g/mol. The highest BCUT2D eigenvalue weighted by Gasteiger charge is 2.49. The zero-order valence-electron chi connectivity index (χ0n) is 17.5. The van der Waals surface area contributed by atoms with Crippen LogP contribution in [0.3, 0.4) is 0 Å². The molecule has 30 heavy (non-hydrogen) atoms. The van der Waals surface area contributed by atoms with Crippen LogP contribution in [0.25, 0.3) is 0 Å². The van der Waals surface area contributed by atoms with Crippen LogP contribution in [0.15, 0.2) is 54.6 Å². The van der Waals surface area contributed by atoms with E-state index in [0.717, 1.165) is 23.6 Å². The third-order valence-corrected chi connectivity index (χ3v) is 6.32. The maximum Gasteiger partial charge on any atom is 0.242 e. The van der Waals surface area contributed by atoms with Gasteiger partial charge in [-0.1, -0.05) is 48.5 Å². The molecule has 156 valence electrons. The highest BCUT2D eigenvalue weighted by atomic mass is 16.2. The molecule has 2 aromatic carbocycles. The van der Waals surface area contributed by atoms with E-state index in [1.807, 2.05) is 42.5 Å². The van der Waals surface area contributed by atoms with Crippen molar-refractivity contribution in [3.05, 3.63) is 65.7 Å². The Bertz CT molecular complexity index is 967. The van der Waals surface area contributed by atoms with Crippen molar-refractivity contribution in [2.24, 2.45) is 0 Å². The summed E-state index contributed by atoms with van der Waals surface area (Å²) in [5.74, 6) is -0.734. The first-order valence-electron chi connectivity index (χ1n) is 10.4. The molecule has 2 aliphatic heterocycles. The number of para-hydroxylation sites is 1. The number of carbonyl (C=O) groups is 3. The van der Waals surface area contributed by atoms with E-state index in [9.17, 15) is 14.4 Å². The number of nitrogens with zero attached hydrogens (tertiary/aromatic N) is 3. The van der Waals surface area contributed by atoms with Crippen molar-refractivity contribution in [2.75, 3.05) is 37.6 Å². The Morgan fingerprint density at radius 3 is 2.23 bits per heavy atom. The second-order valence-corrected chi connectivity index (χ2v) is 8.31. The maximum absolute atomic E-state index is 13.1. The van der Waals surface area contributed by atoms with Gasteiger partial charge in [0.05, 0.1) is 5.41 Å². The van der Waals surface area contributed by atoms with E-state index in [2.05, 4.69) is 24.0 Å². The number of amides is 3. The summed E-state index contributed by atoms with van der Waals surface area (Å²) in [6.45, 7) is 6.33. The molecule has 0 spiro atoms. The first kappa shape index (κ1) is 20.1. The van der Waals surface area contributed by atoms with E-state index in [4.69, 9.17) is 0 Å². The highest BCUT2D eigenvalue weighted by molar-refractivity contribution is 6.10. The van der Waals surface area contributed by atoms with Crippen molar-refractivity contribution in [2.45, 2.75) is 25.7 Å². The minimum absolute atomic E-state index is 0.101. The molecule has 2 fully saturated rings. The Hall–Kier alpha value is -3.15. The van der Waals surface area contributed by atoms with Crippen LogP contribution in [0.5, 0.6) is 0 Å². The fraction of sp³-hybridized carbons (Fsp3) is 0.375. The molecule has 0 radical (unpaired) electrons. The topological polar surface area (TPSA) is 60.9 Å². The molecule has 6 nitrogen and oxygen atoms in total. The first-order valence-corrected chi connectivity index (χ1v) is 10.4. The molecule has 1 unspecified atom stereocenters. The zero-order valence-corrected chi connectivity index (χ0v) is 17.5. The van der Waals surface area contributed by atoms with Crippen molar-refractivity contribution in [3.8, 4) is 0 Å². The fourth-order valence-electron chi connectivity index (χ4n) is 4.43. The van der Waals surface area contributed by atoms with E-state index in [1.54, 1.807) is 11.8 Å². The lowest BCUT2D eigenvalue weighted by Crippen LogP contribution is -2.52. The number of hydrogen-bond donors (Lipinski definition) is 0. The third kappa shape index (κ3) is 3.58. The quantitative estimate of drug-likeness (QED) is 0.733. The van der Waals surface area contributed by atoms with Crippen molar-refractivity contribution in [1.82, 2.24) is 9.80 Å². The van der Waals surface area contributed by atoms with Crippen LogP contribution in [-0.2, 0) is 19.8 Å². The summed E-state index contributed by atoms with van der Waals surface area (Å²) in [6, 6.07) is 17.6. The molecule has 0 aromatic heterocycles. The Balaban J connectivity index is 1.39. The van der Waals surface area contributed by atoms with E-state index >= 15 is 0 Å². The number of aryl methyl sites for hydroxylation is 1. The molecule has 2 saturated heterocycles. The second kappa shape index (κ2) is 7.94. The minimum Gasteiger partial charge on any atom is -0.368 e. The molecule has 4 rings (SSSR count). The van der Waals surface area contributed by atoms with Gasteiger partial charge in [0.25, 0.3) is 0 Å². The molecular formula is C24H27N3O3. The summed E-state index contributed by atoms with van der Waals surface area (Å²) in [4.78, 5) is 43.7. The Kier molecular flexibility index (Phi) is 5.33. The third-order valence-electron chi connectivity index (χ3n) is 6.32. The van der Waals surface area contributed by atoms with Gasteiger partial charge in [0, 0.05) is 38.3 Å². The van der Waals surface area contributed by atoms with Crippen LogP contribution in [0.2, 0.25) is 0 Å². The van der Waals surface area contributed by atoms with E-state index in [-0.39, 0.29) is 30.7 Å². The number of benzene rings is 2. The number of carbonyl (C=O) groups excluding carboxylic acids is 3. The van der Waals surface area contributed by atoms with Gasteiger partial charge in [-0.15, -0.1) is 0 Å². The van der Waals surface area contributed by atoms with Crippen molar-refractivity contribution >= 4 is 23.4 Å². The summed E-state index contributed by atoms with van der Waals surface area (Å²) < 4.78 is 0. The number of anilines is 1. The smallest absolute Gasteiger partial charge is 0.242 e. The van der Waals surface area contributed by atoms with Gasteiger partial charge >= 0.3 is 0 Å². The Labute approximate surface area is 177 Å². The fourth-order valence-corrected chi connectivity index (χ4v) is 4.43. The Morgan fingerprint density at radius 1 is 0.933 bits per heavy atom. The molecule has 2 heterocycles. The van der Waals surface area contributed by atoms with Crippen molar-refractivity contribution in [1.29, 1.82) is 0 Å². The van der Waals surface area contributed by atoms with Crippen LogP contribution < -0.4 is 4.90 Å². The molecular weight excluding hydrogens is 378 g/mol. The van der Waals surface area contributed by atoms with Crippen molar-refractivity contribution in [3.63, 3.8) is 0 Å². The van der Waals surface area contributed by atoms with E-state index in [0.29, 0.717) is 13.1 Å². The predicted molar refractivity (Wildman–Crippen MR) is 115 cm³/mol. The number of hydrogen-bond acceptors (Lipinski definition) is 4. The molecule has 0 bridgehead atoms. The molecule has 0 saturated carbocycles. The summed E-state index contributed by atoms with van der Waals surface area (Å²) in [5.41, 5.74) is 2.31. The van der Waals surface area contributed by atoms with Gasteiger partial charge in [0.1, 0.15) is 6.54 Å². The molecule has 6 heteroatoms. The van der Waals surface area contributed by atoms with Gasteiger partial charge in [0.15, 0.2) is 0 Å². The molecule has 0 N–H and O–H groups in total. The zero-order chi connectivity index (χ0) is 21.3. The van der Waals surface area contributed by atoms with Crippen LogP contribution in [0.4, 0.5) is 5.69 Å². The monoisotopic (exact) mass is 405 g/mol. The van der Waals surface area contributed by atoms with Crippen molar-refractivity contribution < 1.29 is 14.4 Å². The second-order valence-electron chi connectivity index (χ2n) is 8.31. The van der Waals surface area contributed by atoms with Gasteiger partial charge in [0.2, 0.25) is 17.7 Å². The molecule has 0 aliphatic carbocycles. The Morgan fingerprint density at radius 2 is 1.57 bits per heavy atom. The number of piperazine rings is 1. The van der Waals surface area contributed by atoms with Crippen LogP contribution in [-0.4, -0.2) is 60.2 Å². The summed E-state index contributed by atoms with van der Waals surface area (Å²) in [6.07, 6.45) is 0.101.